The fourth-order valence-electron chi connectivity index (χ4n) is 2.74. The van der Waals surface area contributed by atoms with E-state index in [4.69, 9.17) is 4.42 Å². The molecular weight excluding hydrogens is 236 g/mol. The predicted octanol–water partition coefficient (Wildman–Crippen LogP) is 3.06. The number of fused-ring (bicyclic) bond motifs is 2. The van der Waals surface area contributed by atoms with E-state index >= 15 is 0 Å². The number of para-hydroxylation sites is 2. The van der Waals surface area contributed by atoms with Crippen molar-refractivity contribution in [1.29, 1.82) is 0 Å². The van der Waals surface area contributed by atoms with Gasteiger partial charge in [-0.1, -0.05) is 36.4 Å². The molecule has 3 nitrogen and oxygen atoms in total. The number of hydrogen-bond donors (Lipinski definition) is 1. The third-order valence-electron chi connectivity index (χ3n) is 3.67. The molecule has 1 aliphatic heterocycles. The molecule has 1 unspecified atom stereocenters. The molecule has 3 heteroatoms. The molecule has 1 N–H and O–H groups in total. The average Bonchev–Trinajstić information content (AvgIpc) is 2.90. The topological polar surface area (TPSA) is 38.1 Å². The highest BCUT2D eigenvalue weighted by atomic mass is 16.3. The quantitative estimate of drug-likeness (QED) is 0.721. The Bertz CT molecular complexity index is 699. The van der Waals surface area contributed by atoms with Crippen molar-refractivity contribution in [3.05, 3.63) is 65.5 Å². The molecule has 0 saturated heterocycles. The lowest BCUT2D eigenvalue weighted by Gasteiger charge is -2.24. The zero-order valence-corrected chi connectivity index (χ0v) is 10.5. The molecule has 0 saturated carbocycles. The minimum atomic E-state index is 0.0670. The second kappa shape index (κ2) is 4.21. The molecule has 0 bridgehead atoms. The first-order valence-electron chi connectivity index (χ1n) is 6.58. The van der Waals surface area contributed by atoms with Gasteiger partial charge in [-0.05, 0) is 29.7 Å². The van der Waals surface area contributed by atoms with Crippen LogP contribution in [0.5, 0.6) is 0 Å². The van der Waals surface area contributed by atoms with Crippen LogP contribution in [0, 0.1) is 0 Å². The summed E-state index contributed by atoms with van der Waals surface area (Å²) in [5.41, 5.74) is 4.43. The van der Waals surface area contributed by atoms with E-state index in [0.717, 1.165) is 30.0 Å². The second-order valence-corrected chi connectivity index (χ2v) is 4.86. The number of rotatable bonds is 1. The fraction of sp³-hybridized carbons (Fsp3) is 0.188. The minimum Gasteiger partial charge on any atom is -0.439 e. The molecule has 1 atom stereocenters. The molecule has 0 aliphatic carbocycles. The van der Waals surface area contributed by atoms with Gasteiger partial charge in [-0.25, -0.2) is 4.98 Å². The van der Waals surface area contributed by atoms with Gasteiger partial charge in [0.05, 0.1) is 0 Å². The van der Waals surface area contributed by atoms with E-state index in [-0.39, 0.29) is 6.04 Å². The largest absolute Gasteiger partial charge is 0.439 e. The molecule has 1 aliphatic rings. The first kappa shape index (κ1) is 10.8. The third-order valence-corrected chi connectivity index (χ3v) is 3.67. The van der Waals surface area contributed by atoms with E-state index in [0.29, 0.717) is 0 Å². The highest BCUT2D eigenvalue weighted by Crippen LogP contribution is 2.29. The number of nitrogens with zero attached hydrogens (tertiary/aromatic N) is 1. The highest BCUT2D eigenvalue weighted by molar-refractivity contribution is 5.72. The van der Waals surface area contributed by atoms with E-state index < -0.39 is 0 Å². The molecule has 0 spiro atoms. The number of benzene rings is 2. The first-order valence-corrected chi connectivity index (χ1v) is 6.58. The maximum atomic E-state index is 5.89. The van der Waals surface area contributed by atoms with E-state index in [1.54, 1.807) is 0 Å². The summed E-state index contributed by atoms with van der Waals surface area (Å²) in [6.07, 6.45) is 1.06. The lowest BCUT2D eigenvalue weighted by molar-refractivity contribution is 0.439. The summed E-state index contributed by atoms with van der Waals surface area (Å²) in [5, 5.41) is 3.50. The number of aromatic nitrogens is 1. The maximum Gasteiger partial charge on any atom is 0.217 e. The van der Waals surface area contributed by atoms with Crippen molar-refractivity contribution < 1.29 is 4.42 Å². The summed E-state index contributed by atoms with van der Waals surface area (Å²) in [6, 6.07) is 16.5. The molecular formula is C16H14N2O. The Labute approximate surface area is 111 Å². The van der Waals surface area contributed by atoms with Crippen molar-refractivity contribution in [1.82, 2.24) is 10.3 Å². The summed E-state index contributed by atoms with van der Waals surface area (Å²) in [6.45, 7) is 0.959. The van der Waals surface area contributed by atoms with Crippen LogP contribution in [-0.2, 0) is 6.42 Å². The molecule has 4 rings (SSSR count). The van der Waals surface area contributed by atoms with E-state index in [2.05, 4.69) is 34.6 Å². The van der Waals surface area contributed by atoms with Gasteiger partial charge >= 0.3 is 0 Å². The van der Waals surface area contributed by atoms with Crippen molar-refractivity contribution in [3.63, 3.8) is 0 Å². The van der Waals surface area contributed by atoms with Crippen LogP contribution in [0.2, 0.25) is 0 Å². The van der Waals surface area contributed by atoms with Crippen LogP contribution >= 0.6 is 0 Å². The Hall–Kier alpha value is -2.13. The highest BCUT2D eigenvalue weighted by Gasteiger charge is 2.25. The van der Waals surface area contributed by atoms with Crippen molar-refractivity contribution in [2.24, 2.45) is 0 Å². The van der Waals surface area contributed by atoms with Gasteiger partial charge in [-0.15, -0.1) is 0 Å². The van der Waals surface area contributed by atoms with E-state index in [1.807, 2.05) is 24.3 Å². The van der Waals surface area contributed by atoms with Gasteiger partial charge in [0.1, 0.15) is 11.6 Å². The van der Waals surface area contributed by atoms with Crippen LogP contribution in [0.25, 0.3) is 11.1 Å². The normalized spacial score (nSPS) is 18.4. The number of oxazole rings is 1. The smallest absolute Gasteiger partial charge is 0.217 e. The summed E-state index contributed by atoms with van der Waals surface area (Å²) >= 11 is 0. The van der Waals surface area contributed by atoms with Crippen molar-refractivity contribution >= 4 is 11.1 Å². The first-order chi connectivity index (χ1) is 9.42. The minimum absolute atomic E-state index is 0.0670. The van der Waals surface area contributed by atoms with Crippen molar-refractivity contribution in [2.75, 3.05) is 6.54 Å². The molecule has 1 aromatic heterocycles. The monoisotopic (exact) mass is 250 g/mol. The number of hydrogen-bond acceptors (Lipinski definition) is 3. The molecule has 19 heavy (non-hydrogen) atoms. The molecule has 0 fully saturated rings. The summed E-state index contributed by atoms with van der Waals surface area (Å²) in [4.78, 5) is 4.61. The third kappa shape index (κ3) is 1.74. The Kier molecular flexibility index (Phi) is 2.38. The predicted molar refractivity (Wildman–Crippen MR) is 74.0 cm³/mol. The second-order valence-electron chi connectivity index (χ2n) is 4.86. The van der Waals surface area contributed by atoms with Gasteiger partial charge in [0.15, 0.2) is 5.58 Å². The van der Waals surface area contributed by atoms with Gasteiger partial charge in [-0.2, -0.15) is 0 Å². The van der Waals surface area contributed by atoms with Crippen molar-refractivity contribution in [3.8, 4) is 0 Å². The van der Waals surface area contributed by atoms with Crippen molar-refractivity contribution in [2.45, 2.75) is 12.5 Å². The maximum absolute atomic E-state index is 5.89. The van der Waals surface area contributed by atoms with Crippen LogP contribution in [0.15, 0.2) is 52.9 Å². The Morgan fingerprint density at radius 1 is 1.05 bits per heavy atom. The Morgan fingerprint density at radius 2 is 1.89 bits per heavy atom. The Morgan fingerprint density at radius 3 is 2.84 bits per heavy atom. The van der Waals surface area contributed by atoms with E-state index in [9.17, 15) is 0 Å². The van der Waals surface area contributed by atoms with Gasteiger partial charge in [-0.3, -0.25) is 0 Å². The molecule has 0 amide bonds. The number of nitrogens with one attached hydrogen (secondary N) is 1. The SMILES string of the molecule is c1ccc2c(c1)CCNC2c1nc2ccccc2o1. The molecule has 2 aromatic carbocycles. The van der Waals surface area contributed by atoms with Crippen LogP contribution < -0.4 is 5.32 Å². The zero-order valence-electron chi connectivity index (χ0n) is 10.5. The van der Waals surface area contributed by atoms with Crippen LogP contribution in [0.4, 0.5) is 0 Å². The van der Waals surface area contributed by atoms with Gasteiger partial charge in [0, 0.05) is 6.54 Å². The standard InChI is InChI=1S/C16H14N2O/c1-2-6-12-11(5-1)9-10-17-15(12)16-18-13-7-3-4-8-14(13)19-16/h1-8,15,17H,9-10H2. The Balaban J connectivity index is 1.85. The molecule has 3 aromatic rings. The van der Waals surface area contributed by atoms with E-state index in [1.165, 1.54) is 11.1 Å². The molecule has 94 valence electrons. The van der Waals surface area contributed by atoms with Crippen LogP contribution in [0.1, 0.15) is 23.1 Å². The summed E-state index contributed by atoms with van der Waals surface area (Å²) in [5.74, 6) is 0.758. The van der Waals surface area contributed by atoms with Gasteiger partial charge < -0.3 is 9.73 Å². The molecule has 2 heterocycles. The fourth-order valence-corrected chi connectivity index (χ4v) is 2.74. The average molecular weight is 250 g/mol. The molecule has 0 radical (unpaired) electrons. The van der Waals surface area contributed by atoms with Crippen LogP contribution in [0.3, 0.4) is 0 Å². The summed E-state index contributed by atoms with van der Waals surface area (Å²) in [7, 11) is 0. The van der Waals surface area contributed by atoms with Gasteiger partial charge in [0.25, 0.3) is 0 Å². The lowest BCUT2D eigenvalue weighted by atomic mass is 9.94. The summed E-state index contributed by atoms with van der Waals surface area (Å²) < 4.78 is 5.89. The zero-order chi connectivity index (χ0) is 12.7. The van der Waals surface area contributed by atoms with Crippen LogP contribution in [-0.4, -0.2) is 11.5 Å². The van der Waals surface area contributed by atoms with Gasteiger partial charge in [0.2, 0.25) is 5.89 Å². The lowest BCUT2D eigenvalue weighted by Crippen LogP contribution is -2.30.